The van der Waals surface area contributed by atoms with Crippen molar-refractivity contribution in [3.63, 3.8) is 0 Å². The van der Waals surface area contributed by atoms with E-state index in [1.165, 1.54) is 0 Å². The molecule has 0 spiro atoms. The molecule has 3 aromatic rings. The number of aliphatic carboxylic acids is 1. The van der Waals surface area contributed by atoms with Gasteiger partial charge in [-0.1, -0.05) is 60.7 Å². The van der Waals surface area contributed by atoms with Gasteiger partial charge >= 0.3 is 5.97 Å². The molecule has 2 heterocycles. The van der Waals surface area contributed by atoms with Gasteiger partial charge in [0.1, 0.15) is 0 Å². The van der Waals surface area contributed by atoms with E-state index in [-0.39, 0.29) is 37.6 Å². The number of nitrogens with zero attached hydrogens (tertiary/aromatic N) is 1. The van der Waals surface area contributed by atoms with Gasteiger partial charge in [0.25, 0.3) is 0 Å². The number of hydrogen-bond acceptors (Lipinski definition) is 7. The Morgan fingerprint density at radius 1 is 0.956 bits per heavy atom. The Kier molecular flexibility index (Phi) is 11.7. The van der Waals surface area contributed by atoms with Gasteiger partial charge in [-0.05, 0) is 65.8 Å². The smallest absolute Gasteiger partial charge is 0.303 e. The quantitative estimate of drug-likeness (QED) is 0.221. The van der Waals surface area contributed by atoms with Gasteiger partial charge in [0.05, 0.1) is 25.4 Å². The summed E-state index contributed by atoms with van der Waals surface area (Å²) in [5, 5.41) is 21.2. The summed E-state index contributed by atoms with van der Waals surface area (Å²) in [6.07, 6.45) is 2.76. The van der Waals surface area contributed by atoms with Crippen LogP contribution in [0.2, 0.25) is 0 Å². The highest BCUT2D eigenvalue weighted by Crippen LogP contribution is 2.39. The molecule has 0 aromatic heterocycles. The van der Waals surface area contributed by atoms with Crippen LogP contribution in [0.15, 0.2) is 72.8 Å². The third-order valence-corrected chi connectivity index (χ3v) is 8.61. The van der Waals surface area contributed by atoms with Gasteiger partial charge in [-0.2, -0.15) is 0 Å². The standard InChI is InChI=1S/C36H44N2O7/c1-43-24-31-10-5-17-38(31)22-32-20-33(27-15-13-25(23-39)14-16-27)45-36(44-32)30-9-3-8-29(19-30)28-7-2-6-26(18-28)21-37-34(40)11-4-12-35(41)42/h2-3,6-9,13-16,18-19,31-33,36,39H,4-5,10-12,17,20-24H2,1H3,(H,37,40)(H,41,42)/t31-,32+,33-,36-/m0/s1. The number of methoxy groups -OCH3 is 1. The molecule has 240 valence electrons. The van der Waals surface area contributed by atoms with E-state index >= 15 is 0 Å². The molecule has 2 aliphatic rings. The molecule has 2 aliphatic heterocycles. The molecule has 45 heavy (non-hydrogen) atoms. The number of aliphatic hydroxyl groups is 1. The number of benzene rings is 3. The van der Waals surface area contributed by atoms with Crippen LogP contribution < -0.4 is 5.32 Å². The van der Waals surface area contributed by atoms with Gasteiger partial charge in [0.15, 0.2) is 6.29 Å². The highest BCUT2D eigenvalue weighted by atomic mass is 16.7. The SMILES string of the molecule is COC[C@@H]1CCCN1C[C@H]1C[C@@H](c2ccc(CO)cc2)O[C@@H](c2cccc(-c3cccc(CNC(=O)CCCC(=O)O)c3)c2)O1. The van der Waals surface area contributed by atoms with Crippen molar-refractivity contribution in [3.05, 3.63) is 95.1 Å². The highest BCUT2D eigenvalue weighted by molar-refractivity contribution is 5.76. The van der Waals surface area contributed by atoms with E-state index in [1.807, 2.05) is 54.6 Å². The average Bonchev–Trinajstić information content (AvgIpc) is 3.50. The summed E-state index contributed by atoms with van der Waals surface area (Å²) in [6.45, 7) is 2.93. The number of carboxylic acid groups (broad SMARTS) is 1. The summed E-state index contributed by atoms with van der Waals surface area (Å²) >= 11 is 0. The number of rotatable bonds is 14. The van der Waals surface area contributed by atoms with Crippen LogP contribution in [-0.2, 0) is 37.0 Å². The second kappa shape index (κ2) is 16.1. The molecular weight excluding hydrogens is 572 g/mol. The summed E-state index contributed by atoms with van der Waals surface area (Å²) in [5.74, 6) is -1.06. The first-order valence-corrected chi connectivity index (χ1v) is 15.8. The number of carbonyl (C=O) groups excluding carboxylic acids is 1. The Bertz CT molecular complexity index is 1410. The first kappa shape index (κ1) is 32.8. The fourth-order valence-corrected chi connectivity index (χ4v) is 6.23. The van der Waals surface area contributed by atoms with Crippen molar-refractivity contribution in [3.8, 4) is 11.1 Å². The van der Waals surface area contributed by atoms with Gasteiger partial charge in [-0.25, -0.2) is 0 Å². The van der Waals surface area contributed by atoms with E-state index in [4.69, 9.17) is 19.3 Å². The Morgan fingerprint density at radius 2 is 1.73 bits per heavy atom. The molecule has 1 amide bonds. The van der Waals surface area contributed by atoms with Gasteiger partial charge in [-0.15, -0.1) is 0 Å². The van der Waals surface area contributed by atoms with E-state index in [0.717, 1.165) is 65.7 Å². The van der Waals surface area contributed by atoms with Crippen molar-refractivity contribution in [2.75, 3.05) is 26.8 Å². The van der Waals surface area contributed by atoms with Crippen LogP contribution >= 0.6 is 0 Å². The van der Waals surface area contributed by atoms with Crippen LogP contribution in [0.3, 0.4) is 0 Å². The number of nitrogens with one attached hydrogen (secondary N) is 1. The van der Waals surface area contributed by atoms with Crippen LogP contribution in [0, 0.1) is 0 Å². The lowest BCUT2D eigenvalue weighted by Crippen LogP contribution is -2.42. The number of carbonyl (C=O) groups is 2. The molecule has 9 heteroatoms. The van der Waals surface area contributed by atoms with Gasteiger partial charge in [-0.3, -0.25) is 14.5 Å². The molecule has 3 aromatic carbocycles. The molecule has 0 bridgehead atoms. The minimum Gasteiger partial charge on any atom is -0.481 e. The summed E-state index contributed by atoms with van der Waals surface area (Å²) in [7, 11) is 1.76. The molecule has 5 rings (SSSR count). The number of ether oxygens (including phenoxy) is 3. The molecule has 4 atom stereocenters. The van der Waals surface area contributed by atoms with Crippen LogP contribution in [0.5, 0.6) is 0 Å². The van der Waals surface area contributed by atoms with E-state index in [2.05, 4.69) is 28.4 Å². The van der Waals surface area contributed by atoms with Gasteiger partial charge < -0.3 is 29.7 Å². The van der Waals surface area contributed by atoms with Crippen LogP contribution in [-0.4, -0.2) is 65.9 Å². The van der Waals surface area contributed by atoms with Gasteiger partial charge in [0.2, 0.25) is 5.91 Å². The lowest BCUT2D eigenvalue weighted by Gasteiger charge is -2.39. The van der Waals surface area contributed by atoms with Crippen molar-refractivity contribution in [2.45, 2.75) is 76.2 Å². The highest BCUT2D eigenvalue weighted by Gasteiger charge is 2.35. The summed E-state index contributed by atoms with van der Waals surface area (Å²) in [6, 6.07) is 24.6. The molecule has 3 N–H and O–H groups in total. The second-order valence-corrected chi connectivity index (χ2v) is 11.9. The number of likely N-dealkylation sites (tertiary alicyclic amines) is 1. The molecule has 0 unspecified atom stereocenters. The zero-order valence-corrected chi connectivity index (χ0v) is 25.9. The van der Waals surface area contributed by atoms with Crippen LogP contribution in [0.4, 0.5) is 0 Å². The zero-order valence-electron chi connectivity index (χ0n) is 25.9. The molecular formula is C36H44N2O7. The Hall–Kier alpha value is -3.60. The molecule has 9 nitrogen and oxygen atoms in total. The van der Waals surface area contributed by atoms with Crippen molar-refractivity contribution in [2.24, 2.45) is 0 Å². The Morgan fingerprint density at radius 3 is 2.49 bits per heavy atom. The lowest BCUT2D eigenvalue weighted by molar-refractivity contribution is -0.253. The molecule has 0 saturated carbocycles. The summed E-state index contributed by atoms with van der Waals surface area (Å²) in [5.41, 5.74) is 5.84. The predicted octanol–water partition coefficient (Wildman–Crippen LogP) is 5.37. The maximum atomic E-state index is 12.2. The summed E-state index contributed by atoms with van der Waals surface area (Å²) < 4.78 is 18.8. The van der Waals surface area contributed by atoms with E-state index < -0.39 is 12.3 Å². The van der Waals surface area contributed by atoms with E-state index in [9.17, 15) is 14.7 Å². The first-order chi connectivity index (χ1) is 21.9. The fourth-order valence-electron chi connectivity index (χ4n) is 6.23. The molecule has 2 saturated heterocycles. The second-order valence-electron chi connectivity index (χ2n) is 11.9. The lowest BCUT2D eigenvalue weighted by atomic mass is 9.98. The largest absolute Gasteiger partial charge is 0.481 e. The van der Waals surface area contributed by atoms with Crippen LogP contribution in [0.1, 0.15) is 73.2 Å². The van der Waals surface area contributed by atoms with Gasteiger partial charge in [0, 0.05) is 51.1 Å². The molecule has 2 fully saturated rings. The maximum absolute atomic E-state index is 12.2. The minimum absolute atomic E-state index is 0.00314. The third-order valence-electron chi connectivity index (χ3n) is 8.61. The topological polar surface area (TPSA) is 118 Å². The van der Waals surface area contributed by atoms with Crippen molar-refractivity contribution in [1.29, 1.82) is 0 Å². The van der Waals surface area contributed by atoms with Crippen molar-refractivity contribution >= 4 is 11.9 Å². The van der Waals surface area contributed by atoms with E-state index in [0.29, 0.717) is 25.6 Å². The maximum Gasteiger partial charge on any atom is 0.303 e. The predicted molar refractivity (Wildman–Crippen MR) is 170 cm³/mol. The third kappa shape index (κ3) is 9.22. The number of hydrogen-bond donors (Lipinski definition) is 3. The zero-order chi connectivity index (χ0) is 31.6. The number of carboxylic acids is 1. The van der Waals surface area contributed by atoms with E-state index in [1.54, 1.807) is 7.11 Å². The molecule has 0 radical (unpaired) electrons. The molecule has 0 aliphatic carbocycles. The Balaban J connectivity index is 1.31. The fraction of sp³-hybridized carbons (Fsp3) is 0.444. The van der Waals surface area contributed by atoms with Crippen LogP contribution in [0.25, 0.3) is 11.1 Å². The number of amides is 1. The average molecular weight is 617 g/mol. The first-order valence-electron chi connectivity index (χ1n) is 15.8. The monoisotopic (exact) mass is 616 g/mol. The minimum atomic E-state index is -0.896. The normalized spacial score (nSPS) is 21.9. The summed E-state index contributed by atoms with van der Waals surface area (Å²) in [4.78, 5) is 25.4. The Labute approximate surface area is 265 Å². The number of aliphatic hydroxyl groups excluding tert-OH is 1. The van der Waals surface area contributed by atoms with Crippen molar-refractivity contribution < 1.29 is 34.0 Å². The van der Waals surface area contributed by atoms with Crippen molar-refractivity contribution in [1.82, 2.24) is 10.2 Å².